The molecule has 2 rings (SSSR count). The number of amides is 1. The molecule has 0 aliphatic rings. The van der Waals surface area contributed by atoms with Gasteiger partial charge in [0.25, 0.3) is 0 Å². The highest BCUT2D eigenvalue weighted by atomic mass is 35.5. The highest BCUT2D eigenvalue weighted by Crippen LogP contribution is 2.27. The Morgan fingerprint density at radius 3 is 2.57 bits per heavy atom. The third kappa shape index (κ3) is 5.53. The van der Waals surface area contributed by atoms with Gasteiger partial charge in [0.1, 0.15) is 5.82 Å². The van der Waals surface area contributed by atoms with Gasteiger partial charge in [-0.05, 0) is 36.5 Å². The first-order valence-corrected chi connectivity index (χ1v) is 7.74. The van der Waals surface area contributed by atoms with Crippen molar-refractivity contribution in [1.29, 1.82) is 0 Å². The normalized spacial score (nSPS) is 11.3. The number of aryl methyl sites for hydroxylation is 1. The van der Waals surface area contributed by atoms with Gasteiger partial charge in [0, 0.05) is 23.2 Å². The maximum absolute atomic E-state index is 12.2. The van der Waals surface area contributed by atoms with Gasteiger partial charge in [-0.15, -0.1) is 0 Å². The molecule has 2 N–H and O–H groups in total. The van der Waals surface area contributed by atoms with Gasteiger partial charge in [0.05, 0.1) is 0 Å². The van der Waals surface area contributed by atoms with E-state index in [2.05, 4.69) is 15.3 Å². The van der Waals surface area contributed by atoms with Crippen LogP contribution < -0.4 is 11.0 Å². The summed E-state index contributed by atoms with van der Waals surface area (Å²) in [4.78, 5) is 29.8. The largest absolute Gasteiger partial charge is 0.347 e. The Morgan fingerprint density at radius 1 is 1.30 bits per heavy atom. The van der Waals surface area contributed by atoms with E-state index in [1.54, 1.807) is 13.0 Å². The number of anilines is 1. The third-order valence-corrected chi connectivity index (χ3v) is 3.63. The van der Waals surface area contributed by atoms with E-state index in [1.807, 2.05) is 38.1 Å². The molecule has 5 nitrogen and oxygen atoms in total. The number of nitrogens with zero attached hydrogens (tertiary/aromatic N) is 1. The molecular formula is C17H20ClN3O2. The van der Waals surface area contributed by atoms with Crippen molar-refractivity contribution >= 4 is 23.3 Å². The van der Waals surface area contributed by atoms with Crippen LogP contribution in [0.2, 0.25) is 5.02 Å². The first-order valence-electron chi connectivity index (χ1n) is 7.36. The minimum atomic E-state index is -0.472. The van der Waals surface area contributed by atoms with Gasteiger partial charge < -0.3 is 10.3 Å². The van der Waals surface area contributed by atoms with E-state index in [1.165, 1.54) is 0 Å². The first kappa shape index (κ1) is 17.2. The highest BCUT2D eigenvalue weighted by molar-refractivity contribution is 6.30. The maximum atomic E-state index is 12.2. The molecule has 0 unspecified atom stereocenters. The molecule has 0 aliphatic heterocycles. The topological polar surface area (TPSA) is 74.8 Å². The lowest BCUT2D eigenvalue weighted by atomic mass is 9.82. The lowest BCUT2D eigenvalue weighted by Gasteiger charge is -2.24. The summed E-state index contributed by atoms with van der Waals surface area (Å²) in [6, 6.07) is 9.24. The number of halogens is 1. The molecule has 23 heavy (non-hydrogen) atoms. The number of aromatic amines is 1. The lowest BCUT2D eigenvalue weighted by Crippen LogP contribution is -2.25. The van der Waals surface area contributed by atoms with Gasteiger partial charge >= 0.3 is 5.69 Å². The van der Waals surface area contributed by atoms with Crippen molar-refractivity contribution in [2.75, 3.05) is 5.32 Å². The monoisotopic (exact) mass is 333 g/mol. The number of carbonyl (C=O) groups is 1. The van der Waals surface area contributed by atoms with Crippen LogP contribution in [0.3, 0.4) is 0 Å². The Balaban J connectivity index is 2.00. The van der Waals surface area contributed by atoms with E-state index in [4.69, 9.17) is 11.6 Å². The van der Waals surface area contributed by atoms with Crippen LogP contribution in [0, 0.1) is 12.3 Å². The second-order valence-electron chi connectivity index (χ2n) is 6.45. The Labute approximate surface area is 140 Å². The van der Waals surface area contributed by atoms with Gasteiger partial charge in [-0.1, -0.05) is 37.6 Å². The molecule has 0 radical (unpaired) electrons. The van der Waals surface area contributed by atoms with Crippen molar-refractivity contribution in [2.24, 2.45) is 5.41 Å². The van der Waals surface area contributed by atoms with Crippen molar-refractivity contribution in [2.45, 2.75) is 33.6 Å². The molecule has 1 aromatic heterocycles. The number of hydrogen-bond acceptors (Lipinski definition) is 3. The Morgan fingerprint density at radius 2 is 1.96 bits per heavy atom. The second kappa shape index (κ2) is 6.96. The fraction of sp³-hybridized carbons (Fsp3) is 0.353. The predicted molar refractivity (Wildman–Crippen MR) is 91.8 cm³/mol. The number of H-pyrrole nitrogens is 1. The smallest absolute Gasteiger partial charge is 0.310 e. The Kier molecular flexibility index (Phi) is 5.21. The summed E-state index contributed by atoms with van der Waals surface area (Å²) in [5, 5.41) is 3.38. The summed E-state index contributed by atoms with van der Waals surface area (Å²) in [6.07, 6.45) is 1.07. The molecule has 1 aromatic carbocycles. The summed E-state index contributed by atoms with van der Waals surface area (Å²) in [5.41, 5.74) is 1.08. The molecule has 0 bridgehead atoms. The third-order valence-electron chi connectivity index (χ3n) is 3.38. The maximum Gasteiger partial charge on any atom is 0.347 e. The molecule has 122 valence electrons. The van der Waals surface area contributed by atoms with Crippen LogP contribution in [0.15, 0.2) is 35.1 Å². The number of nitrogens with one attached hydrogen (secondary N) is 2. The molecule has 1 amide bonds. The van der Waals surface area contributed by atoms with Gasteiger partial charge in [-0.25, -0.2) is 4.79 Å². The molecule has 0 atom stereocenters. The van der Waals surface area contributed by atoms with Gasteiger partial charge in [0.2, 0.25) is 5.91 Å². The van der Waals surface area contributed by atoms with E-state index in [-0.39, 0.29) is 17.1 Å². The molecule has 0 saturated heterocycles. The highest BCUT2D eigenvalue weighted by Gasteiger charge is 2.23. The number of aromatic nitrogens is 2. The van der Waals surface area contributed by atoms with Crippen LogP contribution in [-0.2, 0) is 11.2 Å². The summed E-state index contributed by atoms with van der Waals surface area (Å²) >= 11 is 5.88. The standard InChI is InChI=1S/C17H20ClN3O2/c1-11-8-14(21-16(23)19-11)20-15(22)10-17(2,3)9-12-4-6-13(18)7-5-12/h4-8H,9-10H2,1-3H3,(H2,19,20,21,22,23). The van der Waals surface area contributed by atoms with Crippen molar-refractivity contribution < 1.29 is 4.79 Å². The molecule has 2 aromatic rings. The van der Waals surface area contributed by atoms with Crippen LogP contribution >= 0.6 is 11.6 Å². The average Bonchev–Trinajstić information content (AvgIpc) is 2.39. The van der Waals surface area contributed by atoms with E-state index < -0.39 is 5.69 Å². The molecule has 0 aliphatic carbocycles. The van der Waals surface area contributed by atoms with Gasteiger partial charge in [-0.3, -0.25) is 4.79 Å². The van der Waals surface area contributed by atoms with Crippen molar-refractivity contribution in [3.05, 3.63) is 57.1 Å². The zero-order valence-corrected chi connectivity index (χ0v) is 14.2. The summed E-state index contributed by atoms with van der Waals surface area (Å²) in [5.74, 6) is 0.111. The molecular weight excluding hydrogens is 314 g/mol. The Hall–Kier alpha value is -2.14. The summed E-state index contributed by atoms with van der Waals surface area (Å²) < 4.78 is 0. The number of carbonyl (C=O) groups excluding carboxylic acids is 1. The van der Waals surface area contributed by atoms with Crippen LogP contribution in [0.25, 0.3) is 0 Å². The zero-order chi connectivity index (χ0) is 17.0. The zero-order valence-electron chi connectivity index (χ0n) is 13.4. The number of rotatable bonds is 5. The summed E-state index contributed by atoms with van der Waals surface area (Å²) in [7, 11) is 0. The molecule has 0 saturated carbocycles. The Bertz CT molecular complexity index is 751. The van der Waals surface area contributed by atoms with E-state index in [0.29, 0.717) is 17.1 Å². The van der Waals surface area contributed by atoms with E-state index in [9.17, 15) is 9.59 Å². The SMILES string of the molecule is Cc1cc(NC(=O)CC(C)(C)Cc2ccc(Cl)cc2)nc(=O)[nH]1. The van der Waals surface area contributed by atoms with E-state index >= 15 is 0 Å². The van der Waals surface area contributed by atoms with Crippen molar-refractivity contribution in [3.8, 4) is 0 Å². The minimum absolute atomic E-state index is 0.165. The second-order valence-corrected chi connectivity index (χ2v) is 6.88. The first-order chi connectivity index (χ1) is 10.7. The fourth-order valence-electron chi connectivity index (χ4n) is 2.48. The molecule has 0 fully saturated rings. The minimum Gasteiger partial charge on any atom is -0.310 e. The summed E-state index contributed by atoms with van der Waals surface area (Å²) in [6.45, 7) is 5.79. The number of benzene rings is 1. The fourth-order valence-corrected chi connectivity index (χ4v) is 2.61. The van der Waals surface area contributed by atoms with Crippen LogP contribution in [0.5, 0.6) is 0 Å². The van der Waals surface area contributed by atoms with Crippen LogP contribution in [0.4, 0.5) is 5.82 Å². The van der Waals surface area contributed by atoms with Crippen molar-refractivity contribution in [1.82, 2.24) is 9.97 Å². The van der Waals surface area contributed by atoms with Crippen molar-refractivity contribution in [3.63, 3.8) is 0 Å². The number of hydrogen-bond donors (Lipinski definition) is 2. The van der Waals surface area contributed by atoms with Crippen LogP contribution in [0.1, 0.15) is 31.5 Å². The average molecular weight is 334 g/mol. The lowest BCUT2D eigenvalue weighted by molar-refractivity contribution is -0.118. The quantitative estimate of drug-likeness (QED) is 0.881. The van der Waals surface area contributed by atoms with Crippen LogP contribution in [-0.4, -0.2) is 15.9 Å². The molecule has 0 spiro atoms. The molecule has 6 heteroatoms. The van der Waals surface area contributed by atoms with Gasteiger partial charge in [-0.2, -0.15) is 4.98 Å². The predicted octanol–water partition coefficient (Wildman–Crippen LogP) is 3.33. The molecule has 1 heterocycles. The van der Waals surface area contributed by atoms with Gasteiger partial charge in [0.15, 0.2) is 0 Å². The van der Waals surface area contributed by atoms with E-state index in [0.717, 1.165) is 12.0 Å².